The second-order valence-electron chi connectivity index (χ2n) is 5.24. The average Bonchev–Trinajstić information content (AvgIpc) is 2.54. The van der Waals surface area contributed by atoms with E-state index in [1.54, 1.807) is 12.4 Å². The van der Waals surface area contributed by atoms with Gasteiger partial charge in [0.15, 0.2) is 0 Å². The first-order valence-corrected chi connectivity index (χ1v) is 7.66. The highest BCUT2D eigenvalue weighted by Crippen LogP contribution is 2.27. The molecule has 0 saturated carbocycles. The highest BCUT2D eigenvalue weighted by molar-refractivity contribution is 5.37. The van der Waals surface area contributed by atoms with Crippen molar-refractivity contribution in [3.8, 4) is 11.5 Å². The summed E-state index contributed by atoms with van der Waals surface area (Å²) in [6.07, 6.45) is 4.72. The third-order valence-electron chi connectivity index (χ3n) is 3.72. The van der Waals surface area contributed by atoms with Gasteiger partial charge in [-0.15, -0.1) is 0 Å². The van der Waals surface area contributed by atoms with Crippen LogP contribution >= 0.6 is 0 Å². The molecule has 112 valence electrons. The third kappa shape index (κ3) is 4.30. The number of hydrogen-bond acceptors (Lipinski definition) is 3. The SMILES string of the molecule is CCNCc1ccncc1Oc1ccc(C(C)CC)cc1. The largest absolute Gasteiger partial charge is 0.455 e. The zero-order chi connectivity index (χ0) is 15.1. The van der Waals surface area contributed by atoms with E-state index in [-0.39, 0.29) is 0 Å². The molecule has 1 heterocycles. The van der Waals surface area contributed by atoms with Crippen molar-refractivity contribution in [1.29, 1.82) is 0 Å². The van der Waals surface area contributed by atoms with Crippen molar-refractivity contribution < 1.29 is 4.74 Å². The number of rotatable bonds is 7. The number of aromatic nitrogens is 1. The van der Waals surface area contributed by atoms with Crippen LogP contribution in [-0.4, -0.2) is 11.5 Å². The molecule has 1 aromatic heterocycles. The molecule has 0 amide bonds. The van der Waals surface area contributed by atoms with Crippen LogP contribution in [0.25, 0.3) is 0 Å². The highest BCUT2D eigenvalue weighted by Gasteiger charge is 2.06. The maximum atomic E-state index is 5.97. The van der Waals surface area contributed by atoms with E-state index in [1.165, 1.54) is 5.56 Å². The van der Waals surface area contributed by atoms with E-state index < -0.39 is 0 Å². The molecule has 0 saturated heterocycles. The molecule has 3 nitrogen and oxygen atoms in total. The van der Waals surface area contributed by atoms with Gasteiger partial charge in [-0.1, -0.05) is 32.9 Å². The van der Waals surface area contributed by atoms with Gasteiger partial charge in [-0.05, 0) is 42.6 Å². The minimum atomic E-state index is 0.585. The lowest BCUT2D eigenvalue weighted by Gasteiger charge is -2.13. The van der Waals surface area contributed by atoms with Gasteiger partial charge in [-0.25, -0.2) is 0 Å². The Morgan fingerprint density at radius 1 is 1.14 bits per heavy atom. The van der Waals surface area contributed by atoms with Crippen LogP contribution in [0.4, 0.5) is 0 Å². The third-order valence-corrected chi connectivity index (χ3v) is 3.72. The first-order chi connectivity index (χ1) is 10.2. The Morgan fingerprint density at radius 3 is 2.57 bits per heavy atom. The van der Waals surface area contributed by atoms with E-state index in [2.05, 4.69) is 43.2 Å². The van der Waals surface area contributed by atoms with Crippen LogP contribution in [0.15, 0.2) is 42.7 Å². The molecule has 0 radical (unpaired) electrons. The number of nitrogens with zero attached hydrogens (tertiary/aromatic N) is 1. The summed E-state index contributed by atoms with van der Waals surface area (Å²) < 4.78 is 5.97. The Labute approximate surface area is 127 Å². The lowest BCUT2D eigenvalue weighted by molar-refractivity contribution is 0.470. The van der Waals surface area contributed by atoms with Gasteiger partial charge in [0.05, 0.1) is 6.20 Å². The predicted octanol–water partition coefficient (Wildman–Crippen LogP) is 4.50. The molecule has 1 unspecified atom stereocenters. The van der Waals surface area contributed by atoms with E-state index in [0.717, 1.165) is 36.6 Å². The van der Waals surface area contributed by atoms with E-state index in [4.69, 9.17) is 4.74 Å². The standard InChI is InChI=1S/C18H24N2O/c1-4-14(3)15-6-8-17(9-7-15)21-18-13-20-11-10-16(18)12-19-5-2/h6-11,13-14,19H,4-5,12H2,1-3H3. The monoisotopic (exact) mass is 284 g/mol. The van der Waals surface area contributed by atoms with Gasteiger partial charge in [-0.3, -0.25) is 4.98 Å². The van der Waals surface area contributed by atoms with Gasteiger partial charge in [-0.2, -0.15) is 0 Å². The molecule has 0 aliphatic rings. The van der Waals surface area contributed by atoms with Crippen LogP contribution in [0.5, 0.6) is 11.5 Å². The Morgan fingerprint density at radius 2 is 1.90 bits per heavy atom. The Hall–Kier alpha value is -1.87. The number of hydrogen-bond donors (Lipinski definition) is 1. The van der Waals surface area contributed by atoms with Crippen LogP contribution in [-0.2, 0) is 6.54 Å². The number of benzene rings is 1. The molecule has 0 spiro atoms. The summed E-state index contributed by atoms with van der Waals surface area (Å²) in [5.74, 6) is 2.25. The van der Waals surface area contributed by atoms with Crippen molar-refractivity contribution in [2.75, 3.05) is 6.54 Å². The molecule has 2 aromatic rings. The fraction of sp³-hybridized carbons (Fsp3) is 0.389. The van der Waals surface area contributed by atoms with Crippen molar-refractivity contribution in [2.45, 2.75) is 39.7 Å². The minimum absolute atomic E-state index is 0.585. The lowest BCUT2D eigenvalue weighted by atomic mass is 9.99. The first kappa shape index (κ1) is 15.5. The first-order valence-electron chi connectivity index (χ1n) is 7.66. The zero-order valence-corrected chi connectivity index (χ0v) is 13.1. The molecule has 2 rings (SSSR count). The summed E-state index contributed by atoms with van der Waals surface area (Å²) in [5, 5.41) is 3.31. The van der Waals surface area contributed by atoms with Crippen molar-refractivity contribution in [3.05, 3.63) is 53.9 Å². The van der Waals surface area contributed by atoms with Crippen molar-refractivity contribution in [1.82, 2.24) is 10.3 Å². The molecule has 1 atom stereocenters. The van der Waals surface area contributed by atoms with Gasteiger partial charge in [0, 0.05) is 18.3 Å². The van der Waals surface area contributed by atoms with Crippen molar-refractivity contribution in [3.63, 3.8) is 0 Å². The molecule has 3 heteroatoms. The van der Waals surface area contributed by atoms with Crippen LogP contribution in [0.1, 0.15) is 44.2 Å². The normalized spacial score (nSPS) is 12.1. The second-order valence-corrected chi connectivity index (χ2v) is 5.24. The summed E-state index contributed by atoms with van der Waals surface area (Å²) in [6.45, 7) is 8.27. The van der Waals surface area contributed by atoms with Gasteiger partial charge < -0.3 is 10.1 Å². The maximum absolute atomic E-state index is 5.97. The van der Waals surface area contributed by atoms with E-state index in [0.29, 0.717) is 5.92 Å². The van der Waals surface area contributed by atoms with Crippen molar-refractivity contribution >= 4 is 0 Å². The zero-order valence-electron chi connectivity index (χ0n) is 13.1. The van der Waals surface area contributed by atoms with E-state index >= 15 is 0 Å². The number of nitrogens with one attached hydrogen (secondary N) is 1. The van der Waals surface area contributed by atoms with Crippen LogP contribution in [0.2, 0.25) is 0 Å². The Bertz CT molecular complexity index is 551. The molecule has 0 bridgehead atoms. The fourth-order valence-electron chi connectivity index (χ4n) is 2.13. The summed E-state index contributed by atoms with van der Waals surface area (Å²) in [4.78, 5) is 4.16. The Kier molecular flexibility index (Phi) is 5.76. The quantitative estimate of drug-likeness (QED) is 0.813. The van der Waals surface area contributed by atoms with E-state index in [1.807, 2.05) is 18.2 Å². The topological polar surface area (TPSA) is 34.2 Å². The van der Waals surface area contributed by atoms with Crippen LogP contribution in [0.3, 0.4) is 0 Å². The van der Waals surface area contributed by atoms with Gasteiger partial charge in [0.2, 0.25) is 0 Å². The van der Waals surface area contributed by atoms with E-state index in [9.17, 15) is 0 Å². The smallest absolute Gasteiger partial charge is 0.150 e. The summed E-state index contributed by atoms with van der Waals surface area (Å²) in [5.41, 5.74) is 2.47. The molecule has 0 aliphatic carbocycles. The van der Waals surface area contributed by atoms with Gasteiger partial charge in [0.25, 0.3) is 0 Å². The molecule has 0 fully saturated rings. The summed E-state index contributed by atoms with van der Waals surface area (Å²) >= 11 is 0. The predicted molar refractivity (Wildman–Crippen MR) is 86.8 cm³/mol. The maximum Gasteiger partial charge on any atom is 0.150 e. The molecule has 1 N–H and O–H groups in total. The molecule has 1 aromatic carbocycles. The summed E-state index contributed by atoms with van der Waals surface area (Å²) in [6, 6.07) is 10.3. The van der Waals surface area contributed by atoms with Crippen LogP contribution in [0, 0.1) is 0 Å². The minimum Gasteiger partial charge on any atom is -0.455 e. The molecule has 0 aliphatic heterocycles. The Balaban J connectivity index is 2.11. The number of ether oxygens (including phenoxy) is 1. The summed E-state index contributed by atoms with van der Waals surface area (Å²) in [7, 11) is 0. The van der Waals surface area contributed by atoms with Crippen LogP contribution < -0.4 is 10.1 Å². The highest BCUT2D eigenvalue weighted by atomic mass is 16.5. The average molecular weight is 284 g/mol. The van der Waals surface area contributed by atoms with Gasteiger partial charge >= 0.3 is 0 Å². The molecule has 21 heavy (non-hydrogen) atoms. The number of pyridine rings is 1. The van der Waals surface area contributed by atoms with Gasteiger partial charge in [0.1, 0.15) is 11.5 Å². The van der Waals surface area contributed by atoms with Crippen molar-refractivity contribution in [2.24, 2.45) is 0 Å². The fourth-order valence-corrected chi connectivity index (χ4v) is 2.13. The molecular formula is C18H24N2O. The lowest BCUT2D eigenvalue weighted by Crippen LogP contribution is -2.12. The second kappa shape index (κ2) is 7.79. The molecular weight excluding hydrogens is 260 g/mol.